The second-order valence-electron chi connectivity index (χ2n) is 8.20. The van der Waals surface area contributed by atoms with Crippen LogP contribution in [-0.2, 0) is 17.6 Å². The molecule has 0 saturated carbocycles. The maximum atomic E-state index is 12.7. The van der Waals surface area contributed by atoms with Crippen molar-refractivity contribution in [3.05, 3.63) is 59.5 Å². The average Bonchev–Trinajstić information content (AvgIpc) is 3.26. The lowest BCUT2D eigenvalue weighted by Gasteiger charge is -2.18. The van der Waals surface area contributed by atoms with Crippen molar-refractivity contribution in [1.82, 2.24) is 19.4 Å². The summed E-state index contributed by atoms with van der Waals surface area (Å²) >= 11 is 0. The molecular formula is C23H28N4O. The number of hydrogen-bond donors (Lipinski definition) is 0. The number of pyridine rings is 1. The summed E-state index contributed by atoms with van der Waals surface area (Å²) in [5.74, 6) is 1.77. The van der Waals surface area contributed by atoms with E-state index in [2.05, 4.69) is 42.5 Å². The maximum Gasteiger partial charge on any atom is 0.226 e. The molecule has 0 radical (unpaired) electrons. The Morgan fingerprint density at radius 3 is 2.89 bits per heavy atom. The molecule has 0 unspecified atom stereocenters. The molecule has 1 amide bonds. The molecule has 2 aromatic heterocycles. The fourth-order valence-corrected chi connectivity index (χ4v) is 4.26. The van der Waals surface area contributed by atoms with Gasteiger partial charge in [0.15, 0.2) is 5.65 Å². The monoisotopic (exact) mass is 376 g/mol. The minimum atomic E-state index is 0.229. The van der Waals surface area contributed by atoms with Crippen LogP contribution in [0.15, 0.2) is 42.6 Å². The Hall–Kier alpha value is -2.69. The largest absolute Gasteiger partial charge is 0.342 e. The first-order chi connectivity index (χ1) is 13.5. The zero-order valence-corrected chi connectivity index (χ0v) is 16.9. The normalized spacial score (nSPS) is 17.0. The SMILES string of the molecule is Cc1cccc(CC(=O)N2CC[C@@H](Cc3nc4cccnc4n3C(C)C)C2)c1. The molecule has 5 nitrogen and oxygen atoms in total. The quantitative estimate of drug-likeness (QED) is 0.677. The highest BCUT2D eigenvalue weighted by atomic mass is 16.2. The number of rotatable bonds is 5. The standard InChI is InChI=1S/C23H28N4O/c1-16(2)27-21(25-20-8-5-10-24-23(20)27)13-19-9-11-26(15-19)22(28)14-18-7-4-6-17(3)12-18/h4-8,10,12,16,19H,9,11,13-15H2,1-3H3/t19-/m0/s1. The smallest absolute Gasteiger partial charge is 0.226 e. The number of fused-ring (bicyclic) bond motifs is 1. The molecular weight excluding hydrogens is 348 g/mol. The van der Waals surface area contributed by atoms with E-state index in [9.17, 15) is 4.79 Å². The van der Waals surface area contributed by atoms with E-state index in [-0.39, 0.29) is 5.91 Å². The number of likely N-dealkylation sites (tertiary alicyclic amines) is 1. The van der Waals surface area contributed by atoms with Gasteiger partial charge in [-0.15, -0.1) is 0 Å². The number of aromatic nitrogens is 3. The number of nitrogens with zero attached hydrogens (tertiary/aromatic N) is 4. The zero-order chi connectivity index (χ0) is 19.7. The summed E-state index contributed by atoms with van der Waals surface area (Å²) in [5.41, 5.74) is 4.21. The first kappa shape index (κ1) is 18.7. The van der Waals surface area contributed by atoms with Gasteiger partial charge in [-0.2, -0.15) is 0 Å². The van der Waals surface area contributed by atoms with Gasteiger partial charge in [-0.3, -0.25) is 4.79 Å². The summed E-state index contributed by atoms with van der Waals surface area (Å²) in [6.45, 7) is 8.07. The highest BCUT2D eigenvalue weighted by Crippen LogP contribution is 2.25. The van der Waals surface area contributed by atoms with Crippen LogP contribution in [0.1, 0.15) is 43.3 Å². The van der Waals surface area contributed by atoms with E-state index in [4.69, 9.17) is 4.98 Å². The zero-order valence-electron chi connectivity index (χ0n) is 16.9. The Kier molecular flexibility index (Phi) is 5.16. The van der Waals surface area contributed by atoms with E-state index < -0.39 is 0 Å². The topological polar surface area (TPSA) is 51.0 Å². The van der Waals surface area contributed by atoms with Crippen molar-refractivity contribution in [3.8, 4) is 0 Å². The second-order valence-corrected chi connectivity index (χ2v) is 8.20. The summed E-state index contributed by atoms with van der Waals surface area (Å²) in [5, 5.41) is 0. The molecule has 1 aliphatic heterocycles. The summed E-state index contributed by atoms with van der Waals surface area (Å²) in [6.07, 6.45) is 4.24. The molecule has 4 rings (SSSR count). The van der Waals surface area contributed by atoms with Gasteiger partial charge in [0.2, 0.25) is 5.91 Å². The number of imidazole rings is 1. The van der Waals surface area contributed by atoms with E-state index in [0.29, 0.717) is 18.4 Å². The molecule has 1 aromatic carbocycles. The highest BCUT2D eigenvalue weighted by Gasteiger charge is 2.28. The summed E-state index contributed by atoms with van der Waals surface area (Å²) in [6, 6.07) is 12.5. The minimum absolute atomic E-state index is 0.229. The number of aryl methyl sites for hydroxylation is 1. The van der Waals surface area contributed by atoms with E-state index in [0.717, 1.165) is 48.5 Å². The van der Waals surface area contributed by atoms with Gasteiger partial charge in [-0.25, -0.2) is 9.97 Å². The van der Waals surface area contributed by atoms with E-state index in [1.54, 1.807) is 0 Å². The molecule has 0 bridgehead atoms. The first-order valence-electron chi connectivity index (χ1n) is 10.2. The van der Waals surface area contributed by atoms with E-state index >= 15 is 0 Å². The molecule has 0 spiro atoms. The third kappa shape index (κ3) is 3.79. The molecule has 3 aromatic rings. The second kappa shape index (κ2) is 7.74. The first-order valence-corrected chi connectivity index (χ1v) is 10.2. The molecule has 0 aliphatic carbocycles. The predicted octanol–water partition coefficient (Wildman–Crippen LogP) is 3.95. The fourth-order valence-electron chi connectivity index (χ4n) is 4.26. The van der Waals surface area contributed by atoms with Crippen LogP contribution in [0, 0.1) is 12.8 Å². The van der Waals surface area contributed by atoms with Crippen LogP contribution in [-0.4, -0.2) is 38.4 Å². The fraction of sp³-hybridized carbons (Fsp3) is 0.435. The van der Waals surface area contributed by atoms with Crippen molar-refractivity contribution in [1.29, 1.82) is 0 Å². The Labute approximate surface area is 166 Å². The van der Waals surface area contributed by atoms with Crippen molar-refractivity contribution < 1.29 is 4.79 Å². The molecule has 1 aliphatic rings. The number of carbonyl (C=O) groups is 1. The highest BCUT2D eigenvalue weighted by molar-refractivity contribution is 5.79. The molecule has 3 heterocycles. The molecule has 0 N–H and O–H groups in total. The lowest BCUT2D eigenvalue weighted by molar-refractivity contribution is -0.129. The van der Waals surface area contributed by atoms with Crippen molar-refractivity contribution in [2.24, 2.45) is 5.92 Å². The van der Waals surface area contributed by atoms with Gasteiger partial charge in [0.05, 0.1) is 6.42 Å². The van der Waals surface area contributed by atoms with Gasteiger partial charge in [-0.05, 0) is 50.8 Å². The number of benzene rings is 1. The Morgan fingerprint density at radius 2 is 2.11 bits per heavy atom. The van der Waals surface area contributed by atoms with Gasteiger partial charge in [0, 0.05) is 31.7 Å². The molecule has 28 heavy (non-hydrogen) atoms. The van der Waals surface area contributed by atoms with Crippen molar-refractivity contribution in [3.63, 3.8) is 0 Å². The van der Waals surface area contributed by atoms with Gasteiger partial charge in [0.25, 0.3) is 0 Å². The lowest BCUT2D eigenvalue weighted by atomic mass is 10.0. The summed E-state index contributed by atoms with van der Waals surface area (Å²) < 4.78 is 2.24. The molecule has 146 valence electrons. The van der Waals surface area contributed by atoms with Crippen LogP contribution in [0.25, 0.3) is 11.2 Å². The van der Waals surface area contributed by atoms with Crippen LogP contribution >= 0.6 is 0 Å². The van der Waals surface area contributed by atoms with Gasteiger partial charge in [0.1, 0.15) is 11.3 Å². The number of hydrogen-bond acceptors (Lipinski definition) is 3. The van der Waals surface area contributed by atoms with Crippen LogP contribution in [0.3, 0.4) is 0 Å². The van der Waals surface area contributed by atoms with Crippen molar-refractivity contribution >= 4 is 17.1 Å². The van der Waals surface area contributed by atoms with Crippen LogP contribution in [0.5, 0.6) is 0 Å². The minimum Gasteiger partial charge on any atom is -0.342 e. The Morgan fingerprint density at radius 1 is 1.25 bits per heavy atom. The molecule has 5 heteroatoms. The van der Waals surface area contributed by atoms with Gasteiger partial charge in [-0.1, -0.05) is 29.8 Å². The third-order valence-electron chi connectivity index (χ3n) is 5.59. The number of carbonyl (C=O) groups excluding carboxylic acids is 1. The Balaban J connectivity index is 1.44. The van der Waals surface area contributed by atoms with E-state index in [1.165, 1.54) is 5.56 Å². The third-order valence-corrected chi connectivity index (χ3v) is 5.59. The predicted molar refractivity (Wildman–Crippen MR) is 111 cm³/mol. The van der Waals surface area contributed by atoms with Crippen LogP contribution < -0.4 is 0 Å². The lowest BCUT2D eigenvalue weighted by Crippen LogP contribution is -2.30. The molecule has 1 saturated heterocycles. The average molecular weight is 377 g/mol. The maximum absolute atomic E-state index is 12.7. The van der Waals surface area contributed by atoms with Crippen molar-refractivity contribution in [2.45, 2.75) is 46.1 Å². The Bertz CT molecular complexity index is 991. The summed E-state index contributed by atoms with van der Waals surface area (Å²) in [7, 11) is 0. The van der Waals surface area contributed by atoms with Crippen LogP contribution in [0.2, 0.25) is 0 Å². The number of amides is 1. The molecule has 1 fully saturated rings. The summed E-state index contributed by atoms with van der Waals surface area (Å²) in [4.78, 5) is 24.1. The van der Waals surface area contributed by atoms with Crippen molar-refractivity contribution in [2.75, 3.05) is 13.1 Å². The van der Waals surface area contributed by atoms with Gasteiger partial charge < -0.3 is 9.47 Å². The van der Waals surface area contributed by atoms with Crippen LogP contribution in [0.4, 0.5) is 0 Å². The van der Waals surface area contributed by atoms with E-state index in [1.807, 2.05) is 35.4 Å². The molecule has 1 atom stereocenters. The van der Waals surface area contributed by atoms with Gasteiger partial charge >= 0.3 is 0 Å².